The number of ether oxygens (including phenoxy) is 1. The van der Waals surface area contributed by atoms with Gasteiger partial charge in [-0.1, -0.05) is 11.6 Å². The second-order valence-corrected chi connectivity index (χ2v) is 4.78. The second kappa shape index (κ2) is 5.19. The Morgan fingerprint density at radius 3 is 2.59 bits per heavy atom. The minimum Gasteiger partial charge on any atom is -0.378 e. The van der Waals surface area contributed by atoms with Gasteiger partial charge >= 0.3 is 0 Å². The molecule has 1 heterocycles. The number of halogens is 1. The van der Waals surface area contributed by atoms with E-state index in [9.17, 15) is 0 Å². The van der Waals surface area contributed by atoms with E-state index in [-0.39, 0.29) is 0 Å². The number of hydrogen-bond donors (Lipinski definition) is 1. The molecule has 1 aliphatic carbocycles. The van der Waals surface area contributed by atoms with Crippen molar-refractivity contribution in [2.45, 2.75) is 45.8 Å². The fourth-order valence-electron chi connectivity index (χ4n) is 1.92. The summed E-state index contributed by atoms with van der Waals surface area (Å²) in [5, 5.41) is 3.77. The molecule has 0 spiro atoms. The van der Waals surface area contributed by atoms with Crippen LogP contribution in [-0.4, -0.2) is 28.7 Å². The van der Waals surface area contributed by atoms with Crippen molar-refractivity contribution in [1.82, 2.24) is 9.97 Å². The van der Waals surface area contributed by atoms with Gasteiger partial charge in [0.05, 0.1) is 17.5 Å². The summed E-state index contributed by atoms with van der Waals surface area (Å²) in [7, 11) is 0. The first-order valence-electron chi connectivity index (χ1n) is 5.99. The molecule has 4 nitrogen and oxygen atoms in total. The molecule has 0 saturated heterocycles. The number of nitrogens with zero attached hydrogens (tertiary/aromatic N) is 2. The van der Waals surface area contributed by atoms with Crippen molar-refractivity contribution in [3.05, 3.63) is 16.5 Å². The molecule has 5 heteroatoms. The summed E-state index contributed by atoms with van der Waals surface area (Å²) >= 11 is 6.06. The van der Waals surface area contributed by atoms with Crippen LogP contribution in [0.5, 0.6) is 0 Å². The van der Waals surface area contributed by atoms with Crippen LogP contribution in [0.1, 0.15) is 31.2 Å². The van der Waals surface area contributed by atoms with Gasteiger partial charge in [-0.15, -0.1) is 0 Å². The first kappa shape index (κ1) is 12.6. The summed E-state index contributed by atoms with van der Waals surface area (Å²) < 4.78 is 5.51. The molecule has 1 N–H and O–H groups in total. The SMILES string of the molecule is CCOC1CC(Nc2nc(C)c(C)nc2Cl)C1. The fraction of sp³-hybridized carbons (Fsp3) is 0.667. The monoisotopic (exact) mass is 255 g/mol. The highest BCUT2D eigenvalue weighted by Crippen LogP contribution is 2.28. The number of nitrogens with one attached hydrogen (secondary N) is 1. The molecule has 1 aromatic heterocycles. The summed E-state index contributed by atoms with van der Waals surface area (Å²) in [5.74, 6) is 0.690. The Morgan fingerprint density at radius 2 is 1.94 bits per heavy atom. The number of aryl methyl sites for hydroxylation is 2. The van der Waals surface area contributed by atoms with Crippen molar-refractivity contribution < 1.29 is 4.74 Å². The van der Waals surface area contributed by atoms with Crippen LogP contribution in [0.15, 0.2) is 0 Å². The second-order valence-electron chi connectivity index (χ2n) is 4.42. The van der Waals surface area contributed by atoms with Crippen LogP contribution in [0.25, 0.3) is 0 Å². The van der Waals surface area contributed by atoms with Gasteiger partial charge in [-0.2, -0.15) is 0 Å². The van der Waals surface area contributed by atoms with E-state index in [2.05, 4.69) is 15.3 Å². The molecule has 0 atom stereocenters. The summed E-state index contributed by atoms with van der Waals surface area (Å²) in [6.07, 6.45) is 2.41. The maximum atomic E-state index is 6.06. The summed E-state index contributed by atoms with van der Waals surface area (Å²) in [5.41, 5.74) is 1.79. The quantitative estimate of drug-likeness (QED) is 0.899. The molecule has 0 amide bonds. The Balaban J connectivity index is 1.94. The molecule has 0 aliphatic heterocycles. The van der Waals surface area contributed by atoms with E-state index in [1.165, 1.54) is 0 Å². The molecule has 94 valence electrons. The van der Waals surface area contributed by atoms with Gasteiger partial charge in [0.15, 0.2) is 11.0 Å². The molecule has 1 aliphatic rings. The summed E-state index contributed by atoms with van der Waals surface area (Å²) in [6.45, 7) is 6.65. The molecule has 17 heavy (non-hydrogen) atoms. The van der Waals surface area contributed by atoms with Crippen LogP contribution in [0.4, 0.5) is 5.82 Å². The molecule has 2 rings (SSSR count). The van der Waals surface area contributed by atoms with Crippen molar-refractivity contribution >= 4 is 17.4 Å². The maximum Gasteiger partial charge on any atom is 0.171 e. The lowest BCUT2D eigenvalue weighted by atomic mass is 9.89. The Kier molecular flexibility index (Phi) is 3.84. The van der Waals surface area contributed by atoms with Crippen LogP contribution in [0.3, 0.4) is 0 Å². The van der Waals surface area contributed by atoms with Crippen LogP contribution in [0, 0.1) is 13.8 Å². The average molecular weight is 256 g/mol. The van der Waals surface area contributed by atoms with Gasteiger partial charge in [0.2, 0.25) is 0 Å². The van der Waals surface area contributed by atoms with Crippen molar-refractivity contribution in [2.75, 3.05) is 11.9 Å². The zero-order valence-electron chi connectivity index (χ0n) is 10.5. The Labute approximate surface area is 107 Å². The Morgan fingerprint density at radius 1 is 1.29 bits per heavy atom. The molecule has 1 aromatic rings. The zero-order chi connectivity index (χ0) is 12.4. The smallest absolute Gasteiger partial charge is 0.171 e. The molecular weight excluding hydrogens is 238 g/mol. The van der Waals surface area contributed by atoms with Gasteiger partial charge < -0.3 is 10.1 Å². The number of hydrogen-bond acceptors (Lipinski definition) is 4. The molecule has 0 bridgehead atoms. The molecule has 1 fully saturated rings. The van der Waals surface area contributed by atoms with E-state index in [1.54, 1.807) is 0 Å². The van der Waals surface area contributed by atoms with E-state index >= 15 is 0 Å². The van der Waals surface area contributed by atoms with Gasteiger partial charge in [-0.05, 0) is 33.6 Å². The van der Waals surface area contributed by atoms with Crippen molar-refractivity contribution in [3.63, 3.8) is 0 Å². The molecule has 0 unspecified atom stereocenters. The first-order chi connectivity index (χ1) is 8.10. The zero-order valence-corrected chi connectivity index (χ0v) is 11.2. The third kappa shape index (κ3) is 2.87. The third-order valence-electron chi connectivity index (χ3n) is 3.10. The molecular formula is C12H18ClN3O. The highest BCUT2D eigenvalue weighted by atomic mass is 35.5. The standard InChI is InChI=1S/C12H18ClN3O/c1-4-17-10-5-9(6-10)16-12-11(13)14-7(2)8(3)15-12/h9-10H,4-6H2,1-3H3,(H,15,16). The molecule has 0 radical (unpaired) electrons. The topological polar surface area (TPSA) is 47.0 Å². The van der Waals surface area contributed by atoms with Gasteiger partial charge in [-0.25, -0.2) is 9.97 Å². The van der Waals surface area contributed by atoms with Gasteiger partial charge in [-0.3, -0.25) is 0 Å². The summed E-state index contributed by atoms with van der Waals surface area (Å²) in [6, 6.07) is 0.403. The lowest BCUT2D eigenvalue weighted by molar-refractivity contribution is 0.00292. The van der Waals surface area contributed by atoms with E-state index in [1.807, 2.05) is 20.8 Å². The molecule has 0 aromatic carbocycles. The van der Waals surface area contributed by atoms with Crippen LogP contribution < -0.4 is 5.32 Å². The number of aromatic nitrogens is 2. The normalized spacial score (nSPS) is 23.3. The molecule has 1 saturated carbocycles. The van der Waals surface area contributed by atoms with Gasteiger partial charge in [0.25, 0.3) is 0 Å². The van der Waals surface area contributed by atoms with E-state index < -0.39 is 0 Å². The van der Waals surface area contributed by atoms with Crippen molar-refractivity contribution in [1.29, 1.82) is 0 Å². The highest BCUT2D eigenvalue weighted by Gasteiger charge is 2.30. The maximum absolute atomic E-state index is 6.06. The summed E-state index contributed by atoms with van der Waals surface area (Å²) in [4.78, 5) is 8.67. The van der Waals surface area contributed by atoms with E-state index in [0.29, 0.717) is 23.1 Å². The largest absolute Gasteiger partial charge is 0.378 e. The highest BCUT2D eigenvalue weighted by molar-refractivity contribution is 6.31. The lowest BCUT2D eigenvalue weighted by Crippen LogP contribution is -2.41. The van der Waals surface area contributed by atoms with Crippen LogP contribution >= 0.6 is 11.6 Å². The van der Waals surface area contributed by atoms with E-state index in [4.69, 9.17) is 16.3 Å². The lowest BCUT2D eigenvalue weighted by Gasteiger charge is -2.35. The predicted octanol–water partition coefficient (Wildman–Crippen LogP) is 2.73. The third-order valence-corrected chi connectivity index (χ3v) is 3.37. The van der Waals surface area contributed by atoms with Crippen molar-refractivity contribution in [2.24, 2.45) is 0 Å². The van der Waals surface area contributed by atoms with Gasteiger partial charge in [0.1, 0.15) is 0 Å². The Bertz CT molecular complexity index is 405. The number of anilines is 1. The fourth-order valence-corrected chi connectivity index (χ4v) is 2.14. The van der Waals surface area contributed by atoms with Crippen LogP contribution in [-0.2, 0) is 4.74 Å². The van der Waals surface area contributed by atoms with Gasteiger partial charge in [0, 0.05) is 12.6 Å². The first-order valence-corrected chi connectivity index (χ1v) is 6.36. The Hall–Kier alpha value is -0.870. The van der Waals surface area contributed by atoms with Crippen LogP contribution in [0.2, 0.25) is 5.15 Å². The minimum absolute atomic E-state index is 0.385. The van der Waals surface area contributed by atoms with Crippen molar-refractivity contribution in [3.8, 4) is 0 Å². The minimum atomic E-state index is 0.385. The van der Waals surface area contributed by atoms with E-state index in [0.717, 1.165) is 30.8 Å². The number of rotatable bonds is 4. The predicted molar refractivity (Wildman–Crippen MR) is 68.6 cm³/mol. The average Bonchev–Trinajstić information content (AvgIpc) is 2.22.